The third-order valence-electron chi connectivity index (χ3n) is 3.54. The maximum atomic E-state index is 12.3. The molecule has 0 aliphatic carbocycles. The number of hydrogen-bond donors (Lipinski definition) is 0. The smallest absolute Gasteiger partial charge is 0.331 e. The van der Waals surface area contributed by atoms with Crippen LogP contribution in [-0.4, -0.2) is 29.9 Å². The van der Waals surface area contributed by atoms with Crippen LogP contribution in [0.15, 0.2) is 60.7 Å². The minimum absolute atomic E-state index is 0.256. The zero-order valence-electron chi connectivity index (χ0n) is 14.2. The molecule has 0 unspecified atom stereocenters. The van der Waals surface area contributed by atoms with E-state index in [1.165, 1.54) is 11.0 Å². The van der Waals surface area contributed by atoms with E-state index in [2.05, 4.69) is 0 Å². The minimum atomic E-state index is -0.856. The topological polar surface area (TPSA) is 46.6 Å². The van der Waals surface area contributed by atoms with Gasteiger partial charge in [-0.05, 0) is 36.3 Å². The lowest BCUT2D eigenvalue weighted by Crippen LogP contribution is -2.36. The van der Waals surface area contributed by atoms with Gasteiger partial charge in [-0.15, -0.1) is 0 Å². The number of esters is 1. The Morgan fingerprint density at radius 1 is 1.16 bits per heavy atom. The molecule has 25 heavy (non-hydrogen) atoms. The molecule has 5 heteroatoms. The SMILES string of the molecule is C[C@@H](OC(=O)/C=C/c1cccc(Cl)c1)C(=O)N(C)Cc1ccccc1. The van der Waals surface area contributed by atoms with E-state index in [1.807, 2.05) is 36.4 Å². The highest BCUT2D eigenvalue weighted by Crippen LogP contribution is 2.12. The molecule has 0 aromatic heterocycles. The molecule has 1 amide bonds. The molecular formula is C20H20ClNO3. The van der Waals surface area contributed by atoms with Crippen molar-refractivity contribution in [2.45, 2.75) is 19.6 Å². The summed E-state index contributed by atoms with van der Waals surface area (Å²) < 4.78 is 5.17. The first kappa shape index (κ1) is 18.7. The first-order valence-electron chi connectivity index (χ1n) is 7.89. The molecule has 0 radical (unpaired) electrons. The van der Waals surface area contributed by atoms with E-state index in [1.54, 1.807) is 38.2 Å². The van der Waals surface area contributed by atoms with Crippen molar-refractivity contribution >= 4 is 29.6 Å². The fraction of sp³-hybridized carbons (Fsp3) is 0.200. The molecule has 130 valence electrons. The van der Waals surface area contributed by atoms with Crippen LogP contribution in [-0.2, 0) is 20.9 Å². The maximum absolute atomic E-state index is 12.3. The Balaban J connectivity index is 1.88. The molecule has 0 bridgehead atoms. The first-order chi connectivity index (χ1) is 12.0. The van der Waals surface area contributed by atoms with Crippen molar-refractivity contribution in [3.05, 3.63) is 76.8 Å². The Bertz CT molecular complexity index is 759. The second-order valence-corrected chi connectivity index (χ2v) is 6.08. The van der Waals surface area contributed by atoms with Crippen molar-refractivity contribution in [1.29, 1.82) is 0 Å². The predicted molar refractivity (Wildman–Crippen MR) is 99.0 cm³/mol. The molecule has 1 atom stereocenters. The molecule has 0 heterocycles. The fourth-order valence-electron chi connectivity index (χ4n) is 2.28. The van der Waals surface area contributed by atoms with Crippen molar-refractivity contribution in [2.75, 3.05) is 7.05 Å². The second kappa shape index (κ2) is 9.04. The van der Waals surface area contributed by atoms with Gasteiger partial charge < -0.3 is 9.64 Å². The van der Waals surface area contributed by atoms with E-state index in [9.17, 15) is 9.59 Å². The molecule has 2 aromatic rings. The Kier molecular flexibility index (Phi) is 6.78. The average molecular weight is 358 g/mol. The van der Waals surface area contributed by atoms with Crippen LogP contribution < -0.4 is 0 Å². The highest BCUT2D eigenvalue weighted by molar-refractivity contribution is 6.30. The van der Waals surface area contributed by atoms with E-state index in [0.29, 0.717) is 11.6 Å². The third kappa shape index (κ3) is 6.08. The number of nitrogens with zero attached hydrogens (tertiary/aromatic N) is 1. The Morgan fingerprint density at radius 2 is 1.88 bits per heavy atom. The fourth-order valence-corrected chi connectivity index (χ4v) is 2.48. The zero-order chi connectivity index (χ0) is 18.2. The Hall–Kier alpha value is -2.59. The van der Waals surface area contributed by atoms with Gasteiger partial charge >= 0.3 is 5.97 Å². The van der Waals surface area contributed by atoms with Gasteiger partial charge in [-0.3, -0.25) is 4.79 Å². The van der Waals surface area contributed by atoms with Crippen LogP contribution in [0.3, 0.4) is 0 Å². The van der Waals surface area contributed by atoms with Crippen LogP contribution in [0.25, 0.3) is 6.08 Å². The number of rotatable bonds is 6. The van der Waals surface area contributed by atoms with Crippen LogP contribution in [0.2, 0.25) is 5.02 Å². The Labute approximate surface area is 152 Å². The summed E-state index contributed by atoms with van der Waals surface area (Å²) in [5.41, 5.74) is 1.79. The van der Waals surface area contributed by atoms with Crippen LogP contribution in [0.5, 0.6) is 0 Å². The summed E-state index contributed by atoms with van der Waals surface area (Å²) in [7, 11) is 1.68. The number of carbonyl (C=O) groups excluding carboxylic acids is 2. The number of likely N-dealkylation sites (N-methyl/N-ethyl adjacent to an activating group) is 1. The van der Waals surface area contributed by atoms with Crippen molar-refractivity contribution in [3.63, 3.8) is 0 Å². The summed E-state index contributed by atoms with van der Waals surface area (Å²) in [6, 6.07) is 16.7. The van der Waals surface area contributed by atoms with E-state index in [4.69, 9.17) is 16.3 Å². The molecule has 0 saturated carbocycles. The molecule has 0 saturated heterocycles. The van der Waals surface area contributed by atoms with Crippen LogP contribution in [0.1, 0.15) is 18.1 Å². The second-order valence-electron chi connectivity index (χ2n) is 5.65. The number of halogens is 1. The summed E-state index contributed by atoms with van der Waals surface area (Å²) in [5, 5.41) is 0.585. The normalized spacial score (nSPS) is 12.0. The maximum Gasteiger partial charge on any atom is 0.331 e. The largest absolute Gasteiger partial charge is 0.449 e. The summed E-state index contributed by atoms with van der Waals surface area (Å²) in [5.74, 6) is -0.831. The van der Waals surface area contributed by atoms with E-state index < -0.39 is 12.1 Å². The van der Waals surface area contributed by atoms with Gasteiger partial charge in [0.2, 0.25) is 0 Å². The quantitative estimate of drug-likeness (QED) is 0.581. The van der Waals surface area contributed by atoms with Gasteiger partial charge in [-0.2, -0.15) is 0 Å². The molecule has 2 aromatic carbocycles. The first-order valence-corrected chi connectivity index (χ1v) is 8.26. The summed E-state index contributed by atoms with van der Waals surface area (Å²) >= 11 is 5.89. The van der Waals surface area contributed by atoms with Gasteiger partial charge in [0.15, 0.2) is 6.10 Å². The van der Waals surface area contributed by atoms with E-state index in [-0.39, 0.29) is 5.91 Å². The van der Waals surface area contributed by atoms with Gasteiger partial charge in [-0.1, -0.05) is 54.1 Å². The molecule has 0 N–H and O–H groups in total. The molecule has 0 fully saturated rings. The van der Waals surface area contributed by atoms with Gasteiger partial charge in [-0.25, -0.2) is 4.79 Å². The molecule has 0 spiro atoms. The van der Waals surface area contributed by atoms with E-state index in [0.717, 1.165) is 11.1 Å². The molecule has 4 nitrogen and oxygen atoms in total. The van der Waals surface area contributed by atoms with Crippen molar-refractivity contribution < 1.29 is 14.3 Å². The summed E-state index contributed by atoms with van der Waals surface area (Å²) in [4.78, 5) is 25.7. The molecule has 0 aliphatic heterocycles. The molecule has 2 rings (SSSR count). The van der Waals surface area contributed by atoms with Crippen LogP contribution in [0.4, 0.5) is 0 Å². The third-order valence-corrected chi connectivity index (χ3v) is 3.78. The number of amides is 1. The molecule has 0 aliphatic rings. The summed E-state index contributed by atoms with van der Waals surface area (Å²) in [6.45, 7) is 2.02. The lowest BCUT2D eigenvalue weighted by Gasteiger charge is -2.21. The molecular weight excluding hydrogens is 338 g/mol. The van der Waals surface area contributed by atoms with Gasteiger partial charge in [0.1, 0.15) is 0 Å². The number of carbonyl (C=O) groups is 2. The Morgan fingerprint density at radius 3 is 2.56 bits per heavy atom. The van der Waals surface area contributed by atoms with E-state index >= 15 is 0 Å². The summed E-state index contributed by atoms with van der Waals surface area (Å²) in [6.07, 6.45) is 2.02. The van der Waals surface area contributed by atoms with Gasteiger partial charge in [0.05, 0.1) is 0 Å². The zero-order valence-corrected chi connectivity index (χ0v) is 14.9. The standard InChI is InChI=1S/C20H20ClNO3/c1-15(20(24)22(2)14-17-7-4-3-5-8-17)25-19(23)12-11-16-9-6-10-18(21)13-16/h3-13,15H,14H2,1-2H3/b12-11+/t15-/m1/s1. The average Bonchev–Trinajstić information content (AvgIpc) is 2.60. The van der Waals surface area contributed by atoms with Crippen LogP contribution in [0, 0.1) is 0 Å². The number of benzene rings is 2. The lowest BCUT2D eigenvalue weighted by molar-refractivity contribution is -0.154. The monoisotopic (exact) mass is 357 g/mol. The number of ether oxygens (including phenoxy) is 1. The van der Waals surface area contributed by atoms with Crippen molar-refractivity contribution in [1.82, 2.24) is 4.90 Å². The minimum Gasteiger partial charge on any atom is -0.449 e. The van der Waals surface area contributed by atoms with Crippen molar-refractivity contribution in [3.8, 4) is 0 Å². The lowest BCUT2D eigenvalue weighted by atomic mass is 10.2. The predicted octanol–water partition coefficient (Wildman–Crippen LogP) is 3.94. The van der Waals surface area contributed by atoms with Gasteiger partial charge in [0.25, 0.3) is 5.91 Å². The van der Waals surface area contributed by atoms with Gasteiger partial charge in [0, 0.05) is 24.7 Å². The van der Waals surface area contributed by atoms with Crippen LogP contribution >= 0.6 is 11.6 Å². The highest BCUT2D eigenvalue weighted by Gasteiger charge is 2.20. The van der Waals surface area contributed by atoms with Crippen molar-refractivity contribution in [2.24, 2.45) is 0 Å². The highest BCUT2D eigenvalue weighted by atomic mass is 35.5. The number of hydrogen-bond acceptors (Lipinski definition) is 3.